The van der Waals surface area contributed by atoms with E-state index in [0.717, 1.165) is 27.3 Å². The average molecular weight is 290 g/mol. The Labute approximate surface area is 120 Å². The fourth-order valence-electron chi connectivity index (χ4n) is 2.11. The van der Waals surface area contributed by atoms with Crippen molar-refractivity contribution in [3.63, 3.8) is 0 Å². The third-order valence-electron chi connectivity index (χ3n) is 2.98. The van der Waals surface area contributed by atoms with Crippen molar-refractivity contribution in [2.75, 3.05) is 0 Å². The van der Waals surface area contributed by atoms with Gasteiger partial charge in [0.05, 0.1) is 12.1 Å². The molecule has 96 valence electrons. The van der Waals surface area contributed by atoms with Crippen LogP contribution in [0.2, 0.25) is 5.02 Å². The van der Waals surface area contributed by atoms with E-state index < -0.39 is 0 Å². The van der Waals surface area contributed by atoms with Crippen LogP contribution < -0.4 is 0 Å². The molecule has 3 rings (SSSR count). The summed E-state index contributed by atoms with van der Waals surface area (Å²) in [5.41, 5.74) is 4.05. The van der Waals surface area contributed by atoms with Crippen LogP contribution in [0.15, 0.2) is 36.5 Å². The first-order valence-electron chi connectivity index (χ1n) is 5.93. The Kier molecular flexibility index (Phi) is 3.12. The molecule has 19 heavy (non-hydrogen) atoms. The smallest absolute Gasteiger partial charge is 0.179 e. The van der Waals surface area contributed by atoms with Gasteiger partial charge >= 0.3 is 0 Å². The summed E-state index contributed by atoms with van der Waals surface area (Å²) in [7, 11) is 0. The molecule has 0 bridgehead atoms. The Balaban J connectivity index is 2.10. The van der Waals surface area contributed by atoms with Gasteiger partial charge in [-0.2, -0.15) is 0 Å². The number of rotatable bonds is 2. The quantitative estimate of drug-likeness (QED) is 0.721. The molecule has 0 saturated heterocycles. The maximum absolute atomic E-state index is 6.01. The van der Waals surface area contributed by atoms with Gasteiger partial charge in [0.2, 0.25) is 0 Å². The molecule has 0 spiro atoms. The van der Waals surface area contributed by atoms with Crippen LogP contribution in [-0.4, -0.2) is 14.5 Å². The summed E-state index contributed by atoms with van der Waals surface area (Å²) in [4.78, 5) is 7.64. The van der Waals surface area contributed by atoms with Crippen LogP contribution in [0, 0.1) is 11.7 Å². The van der Waals surface area contributed by atoms with Crippen molar-refractivity contribution in [3.8, 4) is 0 Å². The van der Waals surface area contributed by atoms with Gasteiger partial charge in [-0.05, 0) is 48.5 Å². The fraction of sp³-hybridized carbons (Fsp3) is 0.143. The summed E-state index contributed by atoms with van der Waals surface area (Å²) in [5.74, 6) is 0. The molecule has 0 unspecified atom stereocenters. The third kappa shape index (κ3) is 2.41. The summed E-state index contributed by atoms with van der Waals surface area (Å²) < 4.78 is 2.66. The highest BCUT2D eigenvalue weighted by Gasteiger charge is 2.06. The molecule has 3 nitrogen and oxygen atoms in total. The monoisotopic (exact) mass is 289 g/mol. The predicted octanol–water partition coefficient (Wildman–Crippen LogP) is 4.10. The second-order valence-electron chi connectivity index (χ2n) is 4.53. The van der Waals surface area contributed by atoms with Crippen molar-refractivity contribution < 1.29 is 0 Å². The summed E-state index contributed by atoms with van der Waals surface area (Å²) in [6.45, 7) is 2.67. The van der Waals surface area contributed by atoms with Crippen LogP contribution in [0.25, 0.3) is 11.2 Å². The molecule has 1 aromatic carbocycles. The number of hydrogen-bond donors (Lipinski definition) is 1. The largest absolute Gasteiger partial charge is 0.329 e. The molecule has 5 heteroatoms. The van der Waals surface area contributed by atoms with E-state index in [-0.39, 0.29) is 0 Å². The predicted molar refractivity (Wildman–Crippen MR) is 80.2 cm³/mol. The Bertz CT molecular complexity index is 804. The maximum atomic E-state index is 6.01. The average Bonchev–Trinajstić information content (AvgIpc) is 2.65. The number of fused-ring (bicyclic) bond motifs is 1. The number of benzene rings is 1. The molecule has 0 radical (unpaired) electrons. The van der Waals surface area contributed by atoms with Crippen LogP contribution in [0.1, 0.15) is 11.1 Å². The minimum Gasteiger partial charge on any atom is -0.329 e. The van der Waals surface area contributed by atoms with Gasteiger partial charge in [-0.25, -0.2) is 4.98 Å². The van der Waals surface area contributed by atoms with E-state index in [9.17, 15) is 0 Å². The lowest BCUT2D eigenvalue weighted by Gasteiger charge is -2.04. The van der Waals surface area contributed by atoms with Crippen molar-refractivity contribution in [1.29, 1.82) is 0 Å². The molecule has 2 aromatic heterocycles. The van der Waals surface area contributed by atoms with Crippen LogP contribution in [-0.2, 0) is 6.54 Å². The molecule has 0 saturated carbocycles. The van der Waals surface area contributed by atoms with E-state index in [4.69, 9.17) is 23.8 Å². The van der Waals surface area contributed by atoms with Crippen LogP contribution in [0.3, 0.4) is 0 Å². The van der Waals surface area contributed by atoms with E-state index in [0.29, 0.717) is 11.3 Å². The van der Waals surface area contributed by atoms with Crippen molar-refractivity contribution in [2.24, 2.45) is 0 Å². The van der Waals surface area contributed by atoms with Gasteiger partial charge in [-0.1, -0.05) is 23.7 Å². The molecule has 1 N–H and O–H groups in total. The normalized spacial score (nSPS) is 11.1. The van der Waals surface area contributed by atoms with Gasteiger partial charge in [-0.15, -0.1) is 0 Å². The second kappa shape index (κ2) is 4.79. The van der Waals surface area contributed by atoms with Gasteiger partial charge in [0.25, 0.3) is 0 Å². The zero-order chi connectivity index (χ0) is 13.4. The molecule has 2 heterocycles. The first kappa shape index (κ1) is 12.4. The zero-order valence-electron chi connectivity index (χ0n) is 10.4. The fourth-order valence-corrected chi connectivity index (χ4v) is 2.59. The number of aryl methyl sites for hydroxylation is 1. The van der Waals surface area contributed by atoms with Gasteiger partial charge in [0.1, 0.15) is 0 Å². The summed E-state index contributed by atoms with van der Waals surface area (Å²) in [6, 6.07) is 9.82. The Morgan fingerprint density at radius 3 is 3.00 bits per heavy atom. The molecule has 3 aromatic rings. The number of aromatic amines is 1. The first-order chi connectivity index (χ1) is 9.13. The standard InChI is InChI=1S/C14H12ClN3S/c1-9-5-12-13(16-7-9)18(14(19)17-12)8-10-3-2-4-11(15)6-10/h2-7H,8H2,1H3,(H,17,19). The Morgan fingerprint density at radius 2 is 2.21 bits per heavy atom. The SMILES string of the molecule is Cc1cnc2c(c1)[nH]c(=S)n2Cc1cccc(Cl)c1. The molecule has 0 aliphatic carbocycles. The Morgan fingerprint density at radius 1 is 1.37 bits per heavy atom. The van der Waals surface area contributed by atoms with E-state index in [1.807, 2.05) is 48.0 Å². The van der Waals surface area contributed by atoms with Gasteiger partial charge < -0.3 is 4.98 Å². The van der Waals surface area contributed by atoms with E-state index >= 15 is 0 Å². The van der Waals surface area contributed by atoms with Crippen molar-refractivity contribution in [2.45, 2.75) is 13.5 Å². The summed E-state index contributed by atoms with van der Waals surface area (Å²) in [5, 5.41) is 0.729. The Hall–Kier alpha value is -1.65. The molecule has 0 aliphatic rings. The van der Waals surface area contributed by atoms with E-state index in [1.54, 1.807) is 0 Å². The van der Waals surface area contributed by atoms with Crippen LogP contribution >= 0.6 is 23.8 Å². The number of nitrogens with zero attached hydrogens (tertiary/aromatic N) is 2. The number of aromatic nitrogens is 3. The third-order valence-corrected chi connectivity index (χ3v) is 3.53. The minimum absolute atomic E-state index is 0.662. The van der Waals surface area contributed by atoms with E-state index in [1.165, 1.54) is 0 Å². The van der Waals surface area contributed by atoms with Crippen molar-refractivity contribution in [3.05, 3.63) is 57.4 Å². The number of imidazole rings is 1. The molecule has 0 amide bonds. The van der Waals surface area contributed by atoms with Crippen LogP contribution in [0.4, 0.5) is 0 Å². The minimum atomic E-state index is 0.662. The number of H-pyrrole nitrogens is 1. The number of nitrogens with one attached hydrogen (secondary N) is 1. The lowest BCUT2D eigenvalue weighted by Crippen LogP contribution is -2.00. The molecular formula is C14H12ClN3S. The topological polar surface area (TPSA) is 33.6 Å². The maximum Gasteiger partial charge on any atom is 0.179 e. The number of pyridine rings is 1. The highest BCUT2D eigenvalue weighted by Crippen LogP contribution is 2.17. The highest BCUT2D eigenvalue weighted by atomic mass is 35.5. The number of halogens is 1. The van der Waals surface area contributed by atoms with Crippen molar-refractivity contribution in [1.82, 2.24) is 14.5 Å². The van der Waals surface area contributed by atoms with Gasteiger partial charge in [0, 0.05) is 11.2 Å². The summed E-state index contributed by atoms with van der Waals surface area (Å²) >= 11 is 11.4. The van der Waals surface area contributed by atoms with Gasteiger partial charge in [0.15, 0.2) is 10.4 Å². The second-order valence-corrected chi connectivity index (χ2v) is 5.35. The lowest BCUT2D eigenvalue weighted by atomic mass is 10.2. The van der Waals surface area contributed by atoms with Gasteiger partial charge in [-0.3, -0.25) is 4.57 Å². The zero-order valence-corrected chi connectivity index (χ0v) is 11.9. The van der Waals surface area contributed by atoms with E-state index in [2.05, 4.69) is 9.97 Å². The number of hydrogen-bond acceptors (Lipinski definition) is 2. The molecule has 0 fully saturated rings. The van der Waals surface area contributed by atoms with Crippen LogP contribution in [0.5, 0.6) is 0 Å². The first-order valence-corrected chi connectivity index (χ1v) is 6.72. The molecule has 0 aliphatic heterocycles. The summed E-state index contributed by atoms with van der Waals surface area (Å²) in [6.07, 6.45) is 1.85. The van der Waals surface area contributed by atoms with Crippen molar-refractivity contribution >= 4 is 35.0 Å². The molecule has 0 atom stereocenters. The molecular weight excluding hydrogens is 278 g/mol. The lowest BCUT2D eigenvalue weighted by molar-refractivity contribution is 0.800. The highest BCUT2D eigenvalue weighted by molar-refractivity contribution is 7.71.